The monoisotopic (exact) mass is 319 g/mol. The number of rotatable bonds is 5. The highest BCUT2D eigenvalue weighted by molar-refractivity contribution is 7.09. The molecule has 1 aliphatic heterocycles. The lowest BCUT2D eigenvalue weighted by Crippen LogP contribution is -2.36. The Balaban J connectivity index is 1.41. The normalized spacial score (nSPS) is 14.2. The van der Waals surface area contributed by atoms with Crippen molar-refractivity contribution in [2.75, 3.05) is 13.1 Å². The number of hydrogen-bond donors (Lipinski definition) is 3. The van der Waals surface area contributed by atoms with Crippen molar-refractivity contribution in [3.05, 3.63) is 39.8 Å². The molecule has 22 heavy (non-hydrogen) atoms. The second-order valence-electron chi connectivity index (χ2n) is 5.32. The second-order valence-corrected chi connectivity index (χ2v) is 6.35. The molecule has 0 fully saturated rings. The van der Waals surface area contributed by atoms with Crippen LogP contribution in [-0.2, 0) is 26.1 Å². The number of nitrogens with zero attached hydrogens (tertiary/aromatic N) is 2. The van der Waals surface area contributed by atoms with Gasteiger partial charge in [0.15, 0.2) is 0 Å². The van der Waals surface area contributed by atoms with Gasteiger partial charge in [-0.15, -0.1) is 11.3 Å². The van der Waals surface area contributed by atoms with Crippen LogP contribution in [0.2, 0.25) is 0 Å². The minimum atomic E-state index is -0.141. The van der Waals surface area contributed by atoms with Crippen molar-refractivity contribution in [1.29, 1.82) is 0 Å². The van der Waals surface area contributed by atoms with Crippen molar-refractivity contribution in [1.82, 2.24) is 25.7 Å². The van der Waals surface area contributed by atoms with Gasteiger partial charge < -0.3 is 16.0 Å². The molecule has 0 saturated carbocycles. The Labute approximate surface area is 133 Å². The molecule has 2 aromatic heterocycles. The molecule has 0 bridgehead atoms. The third-order valence-corrected chi connectivity index (χ3v) is 4.55. The maximum atomic E-state index is 11.8. The first-order chi connectivity index (χ1) is 10.8. The number of fused-ring (bicyclic) bond motifs is 1. The van der Waals surface area contributed by atoms with Crippen LogP contribution in [0.25, 0.3) is 0 Å². The van der Waals surface area contributed by atoms with Crippen LogP contribution in [0.4, 0.5) is 4.79 Å². The first kappa shape index (κ1) is 15.1. The maximum Gasteiger partial charge on any atom is 0.315 e. The van der Waals surface area contributed by atoms with Gasteiger partial charge in [0.05, 0.1) is 17.9 Å². The molecular formula is C15H21N5OS. The molecule has 0 aliphatic carbocycles. The minimum Gasteiger partial charge on any atom is -0.338 e. The first-order valence-corrected chi connectivity index (χ1v) is 8.49. The van der Waals surface area contributed by atoms with E-state index in [0.717, 1.165) is 38.2 Å². The summed E-state index contributed by atoms with van der Waals surface area (Å²) in [7, 11) is 0. The van der Waals surface area contributed by atoms with E-state index >= 15 is 0 Å². The molecule has 0 saturated heterocycles. The molecule has 3 heterocycles. The van der Waals surface area contributed by atoms with Crippen LogP contribution < -0.4 is 16.0 Å². The number of urea groups is 1. The molecule has 118 valence electrons. The molecular weight excluding hydrogens is 298 g/mol. The van der Waals surface area contributed by atoms with Gasteiger partial charge in [-0.25, -0.2) is 4.79 Å². The average Bonchev–Trinajstić information content (AvgIpc) is 3.11. The Bertz CT molecular complexity index is 584. The van der Waals surface area contributed by atoms with Gasteiger partial charge in [0.25, 0.3) is 0 Å². The summed E-state index contributed by atoms with van der Waals surface area (Å²) in [6.07, 6.45) is 1.96. The van der Waals surface area contributed by atoms with Crippen molar-refractivity contribution in [2.24, 2.45) is 0 Å². The van der Waals surface area contributed by atoms with Gasteiger partial charge in [-0.05, 0) is 36.9 Å². The average molecular weight is 319 g/mol. The summed E-state index contributed by atoms with van der Waals surface area (Å²) in [6, 6.07) is 6.02. The molecule has 0 unspecified atom stereocenters. The van der Waals surface area contributed by atoms with Crippen LogP contribution in [-0.4, -0.2) is 28.9 Å². The predicted molar refractivity (Wildman–Crippen MR) is 86.8 cm³/mol. The van der Waals surface area contributed by atoms with Crippen molar-refractivity contribution in [3.8, 4) is 0 Å². The molecule has 0 atom stereocenters. The highest BCUT2D eigenvalue weighted by Crippen LogP contribution is 2.09. The molecule has 1 aliphatic rings. The Hall–Kier alpha value is -1.86. The zero-order valence-corrected chi connectivity index (χ0v) is 13.3. The molecule has 3 rings (SSSR count). The minimum absolute atomic E-state index is 0.141. The number of carbonyl (C=O) groups excluding carboxylic acids is 1. The molecule has 6 nitrogen and oxygen atoms in total. The zero-order chi connectivity index (χ0) is 15.2. The van der Waals surface area contributed by atoms with Crippen LogP contribution in [0.15, 0.2) is 23.6 Å². The summed E-state index contributed by atoms with van der Waals surface area (Å²) in [6.45, 7) is 3.93. The lowest BCUT2D eigenvalue weighted by molar-refractivity contribution is 0.240. The van der Waals surface area contributed by atoms with Gasteiger partial charge in [-0.2, -0.15) is 5.10 Å². The SMILES string of the molecule is O=C(NCCc1cccs1)NCc1cc2n(n1)CCCNC2. The van der Waals surface area contributed by atoms with E-state index in [4.69, 9.17) is 0 Å². The van der Waals surface area contributed by atoms with Gasteiger partial charge in [0.2, 0.25) is 0 Å². The second kappa shape index (κ2) is 7.42. The van der Waals surface area contributed by atoms with Gasteiger partial charge in [-0.3, -0.25) is 4.68 Å². The van der Waals surface area contributed by atoms with Gasteiger partial charge in [0.1, 0.15) is 0 Å². The molecule has 2 aromatic rings. The third kappa shape index (κ3) is 4.08. The molecule has 0 spiro atoms. The Morgan fingerprint density at radius 1 is 1.45 bits per heavy atom. The summed E-state index contributed by atoms with van der Waals surface area (Å²) in [5.41, 5.74) is 2.10. The van der Waals surface area contributed by atoms with Gasteiger partial charge >= 0.3 is 6.03 Å². The zero-order valence-electron chi connectivity index (χ0n) is 12.5. The van der Waals surface area contributed by atoms with Gasteiger partial charge in [0, 0.05) is 24.5 Å². The molecule has 3 N–H and O–H groups in total. The van der Waals surface area contributed by atoms with E-state index in [1.54, 1.807) is 11.3 Å². The number of thiophene rings is 1. The standard InChI is InChI=1S/C15H21N5OS/c21-15(17-6-4-14-3-1-8-22-14)18-10-12-9-13-11-16-5-2-7-20(13)19-12/h1,3,8-9,16H,2,4-7,10-11H2,(H2,17,18,21). The van der Waals surface area contributed by atoms with E-state index in [2.05, 4.69) is 33.2 Å². The first-order valence-electron chi connectivity index (χ1n) is 7.61. The van der Waals surface area contributed by atoms with E-state index in [9.17, 15) is 4.79 Å². The lowest BCUT2D eigenvalue weighted by atomic mass is 10.3. The number of aryl methyl sites for hydroxylation is 1. The smallest absolute Gasteiger partial charge is 0.315 e. The molecule has 0 aromatic carbocycles. The fourth-order valence-corrected chi connectivity index (χ4v) is 3.20. The fourth-order valence-electron chi connectivity index (χ4n) is 2.49. The number of hydrogen-bond acceptors (Lipinski definition) is 4. The molecule has 7 heteroatoms. The van der Waals surface area contributed by atoms with Crippen molar-refractivity contribution < 1.29 is 4.79 Å². The highest BCUT2D eigenvalue weighted by atomic mass is 32.1. The third-order valence-electron chi connectivity index (χ3n) is 3.61. The summed E-state index contributed by atoms with van der Waals surface area (Å²) in [4.78, 5) is 13.1. The number of nitrogens with one attached hydrogen (secondary N) is 3. The van der Waals surface area contributed by atoms with Crippen LogP contribution in [0.1, 0.15) is 22.7 Å². The van der Waals surface area contributed by atoms with Crippen molar-refractivity contribution in [2.45, 2.75) is 32.5 Å². The van der Waals surface area contributed by atoms with Crippen molar-refractivity contribution >= 4 is 17.4 Å². The fraction of sp³-hybridized carbons (Fsp3) is 0.467. The van der Waals surface area contributed by atoms with E-state index < -0.39 is 0 Å². The van der Waals surface area contributed by atoms with Crippen molar-refractivity contribution in [3.63, 3.8) is 0 Å². The van der Waals surface area contributed by atoms with E-state index in [0.29, 0.717) is 13.1 Å². The number of carbonyl (C=O) groups is 1. The van der Waals surface area contributed by atoms with Crippen LogP contribution >= 0.6 is 11.3 Å². The molecule has 0 radical (unpaired) electrons. The van der Waals surface area contributed by atoms with Crippen LogP contribution in [0.5, 0.6) is 0 Å². The quantitative estimate of drug-likeness (QED) is 0.782. The molecule has 2 amide bonds. The van der Waals surface area contributed by atoms with Gasteiger partial charge in [-0.1, -0.05) is 6.07 Å². The lowest BCUT2D eigenvalue weighted by Gasteiger charge is -2.05. The summed E-state index contributed by atoms with van der Waals surface area (Å²) >= 11 is 1.71. The van der Waals surface area contributed by atoms with E-state index in [1.165, 1.54) is 10.6 Å². The topological polar surface area (TPSA) is 71.0 Å². The summed E-state index contributed by atoms with van der Waals surface area (Å²) in [5, 5.41) is 15.7. The van der Waals surface area contributed by atoms with Crippen LogP contribution in [0.3, 0.4) is 0 Å². The predicted octanol–water partition coefficient (Wildman–Crippen LogP) is 1.48. The van der Waals surface area contributed by atoms with Crippen LogP contribution in [0, 0.1) is 0 Å². The number of amides is 2. The summed E-state index contributed by atoms with van der Waals surface area (Å²) in [5.74, 6) is 0. The number of aromatic nitrogens is 2. The highest BCUT2D eigenvalue weighted by Gasteiger charge is 2.11. The Morgan fingerprint density at radius 3 is 3.27 bits per heavy atom. The largest absolute Gasteiger partial charge is 0.338 e. The van der Waals surface area contributed by atoms with E-state index in [-0.39, 0.29) is 6.03 Å². The van der Waals surface area contributed by atoms with E-state index in [1.807, 2.05) is 16.1 Å². The summed E-state index contributed by atoms with van der Waals surface area (Å²) < 4.78 is 2.03. The Kier molecular flexibility index (Phi) is 5.07. The Morgan fingerprint density at radius 2 is 2.41 bits per heavy atom. The maximum absolute atomic E-state index is 11.8.